The highest BCUT2D eigenvalue weighted by Crippen LogP contribution is 2.41. The van der Waals surface area contributed by atoms with E-state index >= 15 is 0 Å². The highest BCUT2D eigenvalue weighted by Gasteiger charge is 2.41. The minimum atomic E-state index is -0.0255. The number of fused-ring (bicyclic) bond motifs is 2. The first-order valence-electron chi connectivity index (χ1n) is 9.17. The molecule has 3 atom stereocenters. The highest BCUT2D eigenvalue weighted by molar-refractivity contribution is 5.85. The normalized spacial score (nSPS) is 35.1. The van der Waals surface area contributed by atoms with Gasteiger partial charge >= 0.3 is 6.03 Å². The summed E-state index contributed by atoms with van der Waals surface area (Å²) in [6, 6.07) is 0.371. The smallest absolute Gasteiger partial charge is 0.317 e. The van der Waals surface area contributed by atoms with Gasteiger partial charge in [0.05, 0.1) is 0 Å². The molecule has 3 aliphatic rings. The first-order valence-corrected chi connectivity index (χ1v) is 9.17. The number of likely N-dealkylation sites (tertiary alicyclic amines) is 1. The molecule has 3 amide bonds. The average Bonchev–Trinajstić information content (AvgIpc) is 2.95. The number of nitrogens with one attached hydrogen (secondary N) is 2. The molecule has 3 rings (SSSR count). The number of nitrogens with zero attached hydrogens (tertiary/aromatic N) is 1. The van der Waals surface area contributed by atoms with Crippen molar-refractivity contribution in [3.63, 3.8) is 0 Å². The van der Waals surface area contributed by atoms with Crippen LogP contribution in [0.15, 0.2) is 0 Å². The maximum Gasteiger partial charge on any atom is 0.317 e. The molecular weight excluding hydrogens is 328 g/mol. The third-order valence-corrected chi connectivity index (χ3v) is 5.93. The van der Waals surface area contributed by atoms with E-state index in [1.807, 2.05) is 6.92 Å². The van der Waals surface area contributed by atoms with E-state index in [-0.39, 0.29) is 36.3 Å². The van der Waals surface area contributed by atoms with Crippen molar-refractivity contribution in [1.29, 1.82) is 0 Å². The summed E-state index contributed by atoms with van der Waals surface area (Å²) in [5, 5.41) is 6.00. The number of carbonyl (C=O) groups excluding carboxylic acids is 2. The van der Waals surface area contributed by atoms with Gasteiger partial charge in [0.15, 0.2) is 0 Å². The standard InChI is InChI=1S/C17H30N4O2.ClH/c1-2-19-17(23)21-7-6-14(10-21)20-16(22)13-8-11-4-3-5-12(9-13)15(11)18;/h11-15H,2-10,18H2,1H3,(H,19,23)(H,20,22);1H. The van der Waals surface area contributed by atoms with Gasteiger partial charge in [0, 0.05) is 37.6 Å². The summed E-state index contributed by atoms with van der Waals surface area (Å²) in [5.74, 6) is 1.34. The molecule has 0 aromatic carbocycles. The van der Waals surface area contributed by atoms with Crippen LogP contribution in [0.2, 0.25) is 0 Å². The van der Waals surface area contributed by atoms with Crippen LogP contribution in [0.3, 0.4) is 0 Å². The van der Waals surface area contributed by atoms with Crippen molar-refractivity contribution < 1.29 is 9.59 Å². The number of hydrogen-bond donors (Lipinski definition) is 3. The Kier molecular flexibility index (Phi) is 6.75. The van der Waals surface area contributed by atoms with Crippen molar-refractivity contribution in [2.75, 3.05) is 19.6 Å². The number of hydrogen-bond acceptors (Lipinski definition) is 3. The quantitative estimate of drug-likeness (QED) is 0.714. The van der Waals surface area contributed by atoms with E-state index in [2.05, 4.69) is 10.6 Å². The van der Waals surface area contributed by atoms with Gasteiger partial charge in [-0.05, 0) is 50.9 Å². The van der Waals surface area contributed by atoms with Gasteiger partial charge in [0.1, 0.15) is 0 Å². The molecule has 2 aliphatic carbocycles. The van der Waals surface area contributed by atoms with Crippen molar-refractivity contribution in [3.05, 3.63) is 0 Å². The van der Waals surface area contributed by atoms with Gasteiger partial charge in [-0.3, -0.25) is 4.79 Å². The Bertz CT molecular complexity index is 448. The molecule has 24 heavy (non-hydrogen) atoms. The van der Waals surface area contributed by atoms with Crippen LogP contribution >= 0.6 is 12.4 Å². The largest absolute Gasteiger partial charge is 0.351 e. The van der Waals surface area contributed by atoms with Crippen LogP contribution < -0.4 is 16.4 Å². The third-order valence-electron chi connectivity index (χ3n) is 5.93. The van der Waals surface area contributed by atoms with Crippen molar-refractivity contribution in [3.8, 4) is 0 Å². The molecule has 7 heteroatoms. The molecule has 0 aromatic heterocycles. The zero-order valence-electron chi connectivity index (χ0n) is 14.5. The van der Waals surface area contributed by atoms with Gasteiger partial charge in [-0.2, -0.15) is 0 Å². The van der Waals surface area contributed by atoms with E-state index in [4.69, 9.17) is 5.73 Å². The fourth-order valence-corrected chi connectivity index (χ4v) is 4.65. The molecule has 138 valence electrons. The van der Waals surface area contributed by atoms with Gasteiger partial charge in [0.2, 0.25) is 5.91 Å². The lowest BCUT2D eigenvalue weighted by molar-refractivity contribution is -0.128. The zero-order valence-corrected chi connectivity index (χ0v) is 15.3. The van der Waals surface area contributed by atoms with E-state index in [0.717, 1.165) is 25.8 Å². The number of rotatable bonds is 3. The number of halogens is 1. The third kappa shape index (κ3) is 4.14. The Labute approximate surface area is 150 Å². The predicted molar refractivity (Wildman–Crippen MR) is 96.0 cm³/mol. The maximum absolute atomic E-state index is 12.6. The second-order valence-electron chi connectivity index (χ2n) is 7.47. The van der Waals surface area contributed by atoms with Crippen LogP contribution in [-0.2, 0) is 4.79 Å². The molecule has 3 fully saturated rings. The lowest BCUT2D eigenvalue weighted by Gasteiger charge is -2.43. The van der Waals surface area contributed by atoms with E-state index in [1.165, 1.54) is 19.3 Å². The van der Waals surface area contributed by atoms with Gasteiger partial charge in [-0.15, -0.1) is 12.4 Å². The first kappa shape index (κ1) is 19.3. The molecule has 0 radical (unpaired) electrons. The van der Waals surface area contributed by atoms with Crippen LogP contribution in [0.25, 0.3) is 0 Å². The average molecular weight is 359 g/mol. The second-order valence-corrected chi connectivity index (χ2v) is 7.47. The van der Waals surface area contributed by atoms with Gasteiger partial charge in [-0.1, -0.05) is 6.42 Å². The van der Waals surface area contributed by atoms with E-state index < -0.39 is 0 Å². The van der Waals surface area contributed by atoms with Crippen molar-refractivity contribution >= 4 is 24.3 Å². The molecule has 6 nitrogen and oxygen atoms in total. The summed E-state index contributed by atoms with van der Waals surface area (Å²) < 4.78 is 0. The molecule has 0 aromatic rings. The molecule has 3 unspecified atom stereocenters. The van der Waals surface area contributed by atoms with E-state index in [1.54, 1.807) is 4.90 Å². The van der Waals surface area contributed by atoms with Crippen LogP contribution in [0.5, 0.6) is 0 Å². The second kappa shape index (κ2) is 8.39. The first-order chi connectivity index (χ1) is 11.1. The Morgan fingerprint density at radius 1 is 1.17 bits per heavy atom. The molecule has 4 N–H and O–H groups in total. The molecule has 1 saturated heterocycles. The molecule has 1 aliphatic heterocycles. The Morgan fingerprint density at radius 2 is 1.83 bits per heavy atom. The van der Waals surface area contributed by atoms with Crippen LogP contribution in [0.1, 0.15) is 45.4 Å². The molecule has 2 bridgehead atoms. The summed E-state index contributed by atoms with van der Waals surface area (Å²) in [6.45, 7) is 3.89. The topological polar surface area (TPSA) is 87.5 Å². The summed E-state index contributed by atoms with van der Waals surface area (Å²) in [5.41, 5.74) is 6.31. The molecule has 0 spiro atoms. The molecular formula is C17H31ClN4O2. The summed E-state index contributed by atoms with van der Waals surface area (Å²) in [6.07, 6.45) is 6.35. The Hall–Kier alpha value is -1.01. The minimum Gasteiger partial charge on any atom is -0.351 e. The number of nitrogens with two attached hydrogens (primary N) is 1. The van der Waals surface area contributed by atoms with Gasteiger partial charge < -0.3 is 21.3 Å². The minimum absolute atomic E-state index is 0. The SMILES string of the molecule is CCNC(=O)N1CCC(NC(=O)C2CC3CCCC(C2)C3N)C1.Cl. The van der Waals surface area contributed by atoms with Gasteiger partial charge in [-0.25, -0.2) is 4.79 Å². The fourth-order valence-electron chi connectivity index (χ4n) is 4.65. The van der Waals surface area contributed by atoms with E-state index in [9.17, 15) is 9.59 Å². The predicted octanol–water partition coefficient (Wildman–Crippen LogP) is 1.48. The monoisotopic (exact) mass is 358 g/mol. The zero-order chi connectivity index (χ0) is 16.4. The van der Waals surface area contributed by atoms with E-state index in [0.29, 0.717) is 31.0 Å². The summed E-state index contributed by atoms with van der Waals surface area (Å²) >= 11 is 0. The van der Waals surface area contributed by atoms with Crippen molar-refractivity contribution in [2.24, 2.45) is 23.5 Å². The van der Waals surface area contributed by atoms with Crippen molar-refractivity contribution in [2.45, 2.75) is 57.5 Å². The van der Waals surface area contributed by atoms with Crippen LogP contribution in [-0.4, -0.2) is 48.6 Å². The van der Waals surface area contributed by atoms with Crippen LogP contribution in [0, 0.1) is 17.8 Å². The molecule has 2 saturated carbocycles. The fraction of sp³-hybridized carbons (Fsp3) is 0.882. The van der Waals surface area contributed by atoms with Crippen LogP contribution in [0.4, 0.5) is 4.79 Å². The molecule has 1 heterocycles. The number of amides is 3. The highest BCUT2D eigenvalue weighted by atomic mass is 35.5. The maximum atomic E-state index is 12.6. The summed E-state index contributed by atoms with van der Waals surface area (Å²) in [4.78, 5) is 26.2. The van der Waals surface area contributed by atoms with Gasteiger partial charge in [0.25, 0.3) is 0 Å². The number of carbonyl (C=O) groups is 2. The Balaban J connectivity index is 0.00000208. The Morgan fingerprint density at radius 3 is 2.46 bits per heavy atom. The lowest BCUT2D eigenvalue weighted by atomic mass is 9.65. The lowest BCUT2D eigenvalue weighted by Crippen LogP contribution is -2.50. The van der Waals surface area contributed by atoms with Crippen molar-refractivity contribution in [1.82, 2.24) is 15.5 Å². The summed E-state index contributed by atoms with van der Waals surface area (Å²) in [7, 11) is 0. The number of urea groups is 1.